The normalized spacial score (nSPS) is 10.6. The molecule has 0 radical (unpaired) electrons. The molecular weight excluding hydrogens is 208 g/mol. The first kappa shape index (κ1) is 10.4. The molecule has 0 amide bonds. The van der Waals surface area contributed by atoms with Crippen LogP contribution < -0.4 is 0 Å². The number of carbonyl (C=O) groups is 1. The van der Waals surface area contributed by atoms with Crippen LogP contribution in [0.4, 0.5) is 0 Å². The molecule has 0 spiro atoms. The van der Waals surface area contributed by atoms with Crippen LogP contribution in [0.2, 0.25) is 0 Å². The van der Waals surface area contributed by atoms with Crippen LogP contribution in [0.3, 0.4) is 0 Å². The lowest BCUT2D eigenvalue weighted by molar-refractivity contribution is 0.0685. The van der Waals surface area contributed by atoms with Crippen molar-refractivity contribution in [3.63, 3.8) is 0 Å². The molecule has 2 rings (SSSR count). The van der Waals surface area contributed by atoms with Gasteiger partial charge in [-0.25, -0.2) is 9.78 Å². The van der Waals surface area contributed by atoms with Gasteiger partial charge in [0.15, 0.2) is 0 Å². The molecule has 0 aliphatic rings. The van der Waals surface area contributed by atoms with Gasteiger partial charge in [0.25, 0.3) is 0 Å². The van der Waals surface area contributed by atoms with Crippen LogP contribution in [0.1, 0.15) is 17.4 Å². The van der Waals surface area contributed by atoms with E-state index in [0.717, 1.165) is 12.2 Å². The largest absolute Gasteiger partial charge is 0.477 e. The van der Waals surface area contributed by atoms with Crippen molar-refractivity contribution in [3.05, 3.63) is 24.3 Å². The molecule has 16 heavy (non-hydrogen) atoms. The molecule has 0 bridgehead atoms. The number of carboxylic acids is 1. The lowest BCUT2D eigenvalue weighted by Gasteiger charge is -2.00. The number of imidazole rings is 1. The number of aromatic nitrogens is 4. The van der Waals surface area contributed by atoms with Crippen LogP contribution in [0.15, 0.2) is 18.6 Å². The highest BCUT2D eigenvalue weighted by atomic mass is 16.4. The van der Waals surface area contributed by atoms with Gasteiger partial charge in [0, 0.05) is 19.7 Å². The monoisotopic (exact) mass is 220 g/mol. The summed E-state index contributed by atoms with van der Waals surface area (Å²) in [4.78, 5) is 14.9. The number of rotatable bonds is 3. The Morgan fingerprint density at radius 1 is 1.56 bits per heavy atom. The summed E-state index contributed by atoms with van der Waals surface area (Å²) in [5, 5.41) is 13.1. The third kappa shape index (κ3) is 1.58. The smallest absolute Gasteiger partial charge is 0.354 e. The zero-order valence-corrected chi connectivity index (χ0v) is 9.08. The Morgan fingerprint density at radius 3 is 2.88 bits per heavy atom. The molecule has 1 N–H and O–H groups in total. The third-order valence-corrected chi connectivity index (χ3v) is 2.41. The van der Waals surface area contributed by atoms with E-state index in [1.54, 1.807) is 25.6 Å². The summed E-state index contributed by atoms with van der Waals surface area (Å²) in [6.45, 7) is 2.76. The van der Waals surface area contributed by atoms with Crippen molar-refractivity contribution < 1.29 is 9.90 Å². The van der Waals surface area contributed by atoms with Gasteiger partial charge in [-0.15, -0.1) is 0 Å². The molecule has 0 atom stereocenters. The van der Waals surface area contributed by atoms with Crippen LogP contribution in [0.5, 0.6) is 0 Å². The molecule has 6 heteroatoms. The van der Waals surface area contributed by atoms with Gasteiger partial charge in [0.05, 0.1) is 18.2 Å². The molecular formula is C10H12N4O2. The molecule has 2 aromatic rings. The van der Waals surface area contributed by atoms with Crippen LogP contribution in [-0.4, -0.2) is 30.4 Å². The lowest BCUT2D eigenvalue weighted by Crippen LogP contribution is -2.04. The first-order chi connectivity index (χ1) is 7.63. The molecule has 2 aromatic heterocycles. The number of carboxylic acid groups (broad SMARTS) is 1. The molecule has 0 aliphatic heterocycles. The van der Waals surface area contributed by atoms with Gasteiger partial charge >= 0.3 is 5.97 Å². The van der Waals surface area contributed by atoms with Crippen LogP contribution in [-0.2, 0) is 13.6 Å². The summed E-state index contributed by atoms with van der Waals surface area (Å²) >= 11 is 0. The zero-order chi connectivity index (χ0) is 11.7. The Bertz CT molecular complexity index is 527. The highest BCUT2D eigenvalue weighted by Gasteiger charge is 2.14. The summed E-state index contributed by atoms with van der Waals surface area (Å²) in [5.41, 5.74) is 1.61. The number of hydrogen-bond donors (Lipinski definition) is 1. The van der Waals surface area contributed by atoms with Gasteiger partial charge in [-0.3, -0.25) is 4.68 Å². The molecule has 0 unspecified atom stereocenters. The lowest BCUT2D eigenvalue weighted by atomic mass is 10.3. The molecule has 0 saturated heterocycles. The Morgan fingerprint density at radius 2 is 2.31 bits per heavy atom. The number of aryl methyl sites for hydroxylation is 2. The minimum Gasteiger partial charge on any atom is -0.477 e. The third-order valence-electron chi connectivity index (χ3n) is 2.41. The van der Waals surface area contributed by atoms with Crippen molar-refractivity contribution in [1.82, 2.24) is 19.3 Å². The van der Waals surface area contributed by atoms with Crippen LogP contribution in [0.25, 0.3) is 11.4 Å². The van der Waals surface area contributed by atoms with E-state index in [0.29, 0.717) is 5.69 Å². The second-order valence-electron chi connectivity index (χ2n) is 3.41. The number of nitrogens with zero attached hydrogens (tertiary/aromatic N) is 4. The average Bonchev–Trinajstić information content (AvgIpc) is 2.82. The zero-order valence-electron chi connectivity index (χ0n) is 9.08. The summed E-state index contributed by atoms with van der Waals surface area (Å²) in [6.07, 6.45) is 3.38. The van der Waals surface area contributed by atoms with E-state index in [-0.39, 0.29) is 5.69 Å². The van der Waals surface area contributed by atoms with E-state index in [9.17, 15) is 4.79 Å². The van der Waals surface area contributed by atoms with Crippen molar-refractivity contribution in [2.75, 3.05) is 0 Å². The molecule has 84 valence electrons. The second-order valence-corrected chi connectivity index (χ2v) is 3.41. The van der Waals surface area contributed by atoms with Gasteiger partial charge in [0.1, 0.15) is 11.4 Å². The van der Waals surface area contributed by atoms with Crippen molar-refractivity contribution >= 4 is 5.97 Å². The first-order valence-corrected chi connectivity index (χ1v) is 4.91. The van der Waals surface area contributed by atoms with E-state index in [2.05, 4.69) is 10.1 Å². The second kappa shape index (κ2) is 3.80. The minimum absolute atomic E-state index is 0.166. The molecule has 6 nitrogen and oxygen atoms in total. The van der Waals surface area contributed by atoms with E-state index in [1.807, 2.05) is 11.5 Å². The topological polar surface area (TPSA) is 72.9 Å². The van der Waals surface area contributed by atoms with E-state index >= 15 is 0 Å². The maximum Gasteiger partial charge on any atom is 0.354 e. The summed E-state index contributed by atoms with van der Waals surface area (Å²) in [5.74, 6) is -0.983. The van der Waals surface area contributed by atoms with Crippen molar-refractivity contribution in [2.24, 2.45) is 7.05 Å². The van der Waals surface area contributed by atoms with Crippen LogP contribution >= 0.6 is 0 Å². The SMILES string of the molecule is CCn1cncc1-c1cc(C(=O)O)n(C)n1. The van der Waals surface area contributed by atoms with Gasteiger partial charge in [-0.05, 0) is 6.92 Å². The highest BCUT2D eigenvalue weighted by molar-refractivity contribution is 5.87. The maximum atomic E-state index is 10.9. The predicted octanol–water partition coefficient (Wildman–Crippen LogP) is 1.00. The van der Waals surface area contributed by atoms with Gasteiger partial charge in [-0.1, -0.05) is 0 Å². The van der Waals surface area contributed by atoms with E-state index < -0.39 is 5.97 Å². The summed E-state index contributed by atoms with van der Waals surface area (Å²) in [6, 6.07) is 1.55. The van der Waals surface area contributed by atoms with Gasteiger partial charge < -0.3 is 9.67 Å². The number of aromatic carboxylic acids is 1. The number of hydrogen-bond acceptors (Lipinski definition) is 3. The van der Waals surface area contributed by atoms with Crippen molar-refractivity contribution in [2.45, 2.75) is 13.5 Å². The Labute approximate surface area is 92.2 Å². The first-order valence-electron chi connectivity index (χ1n) is 4.91. The van der Waals surface area contributed by atoms with Gasteiger partial charge in [-0.2, -0.15) is 5.10 Å². The molecule has 0 aromatic carbocycles. The Balaban J connectivity index is 2.49. The minimum atomic E-state index is -0.983. The average molecular weight is 220 g/mol. The highest BCUT2D eigenvalue weighted by Crippen LogP contribution is 2.18. The molecule has 0 aliphatic carbocycles. The molecule has 0 fully saturated rings. The van der Waals surface area contributed by atoms with Crippen LogP contribution in [0, 0.1) is 0 Å². The van der Waals surface area contributed by atoms with E-state index in [1.165, 1.54) is 4.68 Å². The maximum absolute atomic E-state index is 10.9. The van der Waals surface area contributed by atoms with E-state index in [4.69, 9.17) is 5.11 Å². The van der Waals surface area contributed by atoms with Crippen molar-refractivity contribution in [3.8, 4) is 11.4 Å². The fourth-order valence-electron chi connectivity index (χ4n) is 1.58. The van der Waals surface area contributed by atoms with Crippen molar-refractivity contribution in [1.29, 1.82) is 0 Å². The fourth-order valence-corrected chi connectivity index (χ4v) is 1.58. The standard InChI is InChI=1S/C10H12N4O2/c1-3-14-6-11-5-9(14)7-4-8(10(15)16)13(2)12-7/h4-6H,3H2,1-2H3,(H,15,16). The quantitative estimate of drug-likeness (QED) is 0.837. The van der Waals surface area contributed by atoms with Gasteiger partial charge in [0.2, 0.25) is 0 Å². The predicted molar refractivity (Wildman–Crippen MR) is 57.1 cm³/mol. The Hall–Kier alpha value is -2.11. The molecule has 0 saturated carbocycles. The Kier molecular flexibility index (Phi) is 2.47. The fraction of sp³-hybridized carbons (Fsp3) is 0.300. The molecule has 2 heterocycles. The summed E-state index contributed by atoms with van der Waals surface area (Å²) in [7, 11) is 1.61. The summed E-state index contributed by atoms with van der Waals surface area (Å²) < 4.78 is 3.26.